The average molecular weight is 355 g/mol. The van der Waals surface area contributed by atoms with E-state index in [4.69, 9.17) is 17.0 Å². The third-order valence-electron chi connectivity index (χ3n) is 3.83. The third-order valence-corrected chi connectivity index (χ3v) is 4.16. The maximum absolute atomic E-state index is 12.5. The topological polar surface area (TPSA) is 76.1 Å². The SMILES string of the molecule is COc1ccccc1NC(=O)CCn1c(=S)[nH]c2ccccc2c1=O. The first-order valence-corrected chi connectivity index (χ1v) is 8.15. The number of methoxy groups -OCH3 is 1. The second-order valence-corrected chi connectivity index (χ2v) is 5.82. The quantitative estimate of drug-likeness (QED) is 0.690. The van der Waals surface area contributed by atoms with E-state index < -0.39 is 0 Å². The fraction of sp³-hybridized carbons (Fsp3) is 0.167. The van der Waals surface area contributed by atoms with E-state index in [1.54, 1.807) is 37.4 Å². The van der Waals surface area contributed by atoms with E-state index in [1.165, 1.54) is 4.57 Å². The Morgan fingerprint density at radius 3 is 2.72 bits per heavy atom. The second kappa shape index (κ2) is 7.31. The number of anilines is 1. The first kappa shape index (κ1) is 16.9. The summed E-state index contributed by atoms with van der Waals surface area (Å²) in [7, 11) is 1.54. The van der Waals surface area contributed by atoms with Gasteiger partial charge in [-0.3, -0.25) is 14.2 Å². The van der Waals surface area contributed by atoms with Crippen molar-refractivity contribution in [2.75, 3.05) is 12.4 Å². The Morgan fingerprint density at radius 1 is 1.20 bits per heavy atom. The number of aromatic amines is 1. The molecule has 6 nitrogen and oxygen atoms in total. The van der Waals surface area contributed by atoms with Crippen molar-refractivity contribution >= 4 is 34.7 Å². The molecule has 0 saturated heterocycles. The average Bonchev–Trinajstić information content (AvgIpc) is 2.62. The summed E-state index contributed by atoms with van der Waals surface area (Å²) in [5.41, 5.74) is 1.07. The van der Waals surface area contributed by atoms with Gasteiger partial charge in [0.05, 0.1) is 23.7 Å². The number of carbonyl (C=O) groups is 1. The van der Waals surface area contributed by atoms with E-state index in [0.29, 0.717) is 27.1 Å². The molecule has 1 amide bonds. The molecular weight excluding hydrogens is 338 g/mol. The zero-order chi connectivity index (χ0) is 17.8. The molecule has 128 valence electrons. The molecule has 0 aliphatic carbocycles. The molecule has 3 rings (SSSR count). The van der Waals surface area contributed by atoms with Gasteiger partial charge in [0.2, 0.25) is 5.91 Å². The number of hydrogen-bond donors (Lipinski definition) is 2. The van der Waals surface area contributed by atoms with Gasteiger partial charge in [-0.1, -0.05) is 24.3 Å². The number of nitrogens with zero attached hydrogens (tertiary/aromatic N) is 1. The van der Waals surface area contributed by atoms with Gasteiger partial charge in [-0.2, -0.15) is 0 Å². The van der Waals surface area contributed by atoms with Crippen molar-refractivity contribution in [3.05, 3.63) is 63.7 Å². The number of benzene rings is 2. The lowest BCUT2D eigenvalue weighted by Crippen LogP contribution is -2.25. The maximum atomic E-state index is 12.5. The zero-order valence-electron chi connectivity index (χ0n) is 13.6. The largest absolute Gasteiger partial charge is 0.495 e. The van der Waals surface area contributed by atoms with Crippen LogP contribution >= 0.6 is 12.2 Å². The van der Waals surface area contributed by atoms with Crippen LogP contribution in [0.5, 0.6) is 5.75 Å². The van der Waals surface area contributed by atoms with Gasteiger partial charge in [-0.05, 0) is 36.5 Å². The summed E-state index contributed by atoms with van der Waals surface area (Å²) in [5, 5.41) is 3.33. The van der Waals surface area contributed by atoms with Gasteiger partial charge in [-0.15, -0.1) is 0 Å². The van der Waals surface area contributed by atoms with E-state index in [-0.39, 0.29) is 24.4 Å². The van der Waals surface area contributed by atoms with Crippen molar-refractivity contribution in [1.29, 1.82) is 0 Å². The van der Waals surface area contributed by atoms with Gasteiger partial charge in [0.25, 0.3) is 5.56 Å². The summed E-state index contributed by atoms with van der Waals surface area (Å²) >= 11 is 5.24. The lowest BCUT2D eigenvalue weighted by Gasteiger charge is -2.11. The summed E-state index contributed by atoms with van der Waals surface area (Å²) in [6.45, 7) is 0.194. The summed E-state index contributed by atoms with van der Waals surface area (Å²) in [5.74, 6) is 0.356. The molecule has 0 aliphatic heterocycles. The molecule has 1 heterocycles. The van der Waals surface area contributed by atoms with Crippen molar-refractivity contribution in [2.24, 2.45) is 0 Å². The Hall–Kier alpha value is -2.93. The first-order chi connectivity index (χ1) is 12.1. The molecule has 2 N–H and O–H groups in total. The lowest BCUT2D eigenvalue weighted by atomic mass is 10.2. The molecule has 0 bridgehead atoms. The molecule has 2 aromatic carbocycles. The van der Waals surface area contributed by atoms with E-state index in [1.807, 2.05) is 18.2 Å². The summed E-state index contributed by atoms with van der Waals surface area (Å²) in [4.78, 5) is 27.8. The van der Waals surface area contributed by atoms with Crippen LogP contribution in [0.3, 0.4) is 0 Å². The van der Waals surface area contributed by atoms with E-state index in [2.05, 4.69) is 10.3 Å². The number of rotatable bonds is 5. The highest BCUT2D eigenvalue weighted by atomic mass is 32.1. The third kappa shape index (κ3) is 3.61. The van der Waals surface area contributed by atoms with Crippen molar-refractivity contribution in [1.82, 2.24) is 9.55 Å². The van der Waals surface area contributed by atoms with E-state index >= 15 is 0 Å². The number of amides is 1. The lowest BCUT2D eigenvalue weighted by molar-refractivity contribution is -0.116. The molecule has 7 heteroatoms. The van der Waals surface area contributed by atoms with Crippen LogP contribution in [0.2, 0.25) is 0 Å². The van der Waals surface area contributed by atoms with Crippen LogP contribution in [0, 0.1) is 4.77 Å². The van der Waals surface area contributed by atoms with E-state index in [0.717, 1.165) is 0 Å². The van der Waals surface area contributed by atoms with Crippen LogP contribution in [0.4, 0.5) is 5.69 Å². The monoisotopic (exact) mass is 355 g/mol. The van der Waals surface area contributed by atoms with Gasteiger partial charge in [0.1, 0.15) is 5.75 Å². The van der Waals surface area contributed by atoms with Gasteiger partial charge < -0.3 is 15.0 Å². The smallest absolute Gasteiger partial charge is 0.262 e. The Morgan fingerprint density at radius 2 is 1.92 bits per heavy atom. The molecule has 0 fully saturated rings. The Balaban J connectivity index is 1.78. The minimum absolute atomic E-state index is 0.119. The van der Waals surface area contributed by atoms with Gasteiger partial charge >= 0.3 is 0 Å². The summed E-state index contributed by atoms with van der Waals surface area (Å²) < 4.78 is 6.91. The fourth-order valence-corrected chi connectivity index (χ4v) is 2.86. The van der Waals surface area contributed by atoms with Crippen LogP contribution in [0.1, 0.15) is 6.42 Å². The Bertz CT molecular complexity index is 1040. The van der Waals surface area contributed by atoms with Crippen LogP contribution in [-0.2, 0) is 11.3 Å². The molecule has 0 unspecified atom stereocenters. The number of hydrogen-bond acceptors (Lipinski definition) is 4. The number of ether oxygens (including phenoxy) is 1. The van der Waals surface area contributed by atoms with Crippen molar-refractivity contribution in [2.45, 2.75) is 13.0 Å². The summed E-state index contributed by atoms with van der Waals surface area (Å²) in [6, 6.07) is 14.3. The highest BCUT2D eigenvalue weighted by Gasteiger charge is 2.10. The van der Waals surface area contributed by atoms with Crippen molar-refractivity contribution in [3.63, 3.8) is 0 Å². The molecule has 1 aromatic heterocycles. The molecule has 0 spiro atoms. The number of aromatic nitrogens is 2. The number of H-pyrrole nitrogens is 1. The van der Waals surface area contributed by atoms with Crippen molar-refractivity contribution < 1.29 is 9.53 Å². The molecule has 3 aromatic rings. The van der Waals surface area contributed by atoms with E-state index in [9.17, 15) is 9.59 Å². The van der Waals surface area contributed by atoms with Gasteiger partial charge in [-0.25, -0.2) is 0 Å². The normalized spacial score (nSPS) is 10.6. The number of carbonyl (C=O) groups excluding carboxylic acids is 1. The Labute approximate surface area is 149 Å². The van der Waals surface area contributed by atoms with Crippen LogP contribution < -0.4 is 15.6 Å². The zero-order valence-corrected chi connectivity index (χ0v) is 14.4. The molecule has 0 atom stereocenters. The first-order valence-electron chi connectivity index (χ1n) is 7.75. The number of nitrogens with one attached hydrogen (secondary N) is 2. The predicted molar refractivity (Wildman–Crippen MR) is 99.6 cm³/mol. The number of para-hydroxylation sites is 3. The Kier molecular flexibility index (Phi) is 4.95. The minimum Gasteiger partial charge on any atom is -0.495 e. The molecule has 25 heavy (non-hydrogen) atoms. The fourth-order valence-electron chi connectivity index (χ4n) is 2.58. The molecular formula is C18H17N3O3S. The molecule has 0 saturated carbocycles. The standard InChI is InChI=1S/C18H17N3O3S/c1-24-15-9-5-4-8-14(15)19-16(22)10-11-21-17(23)12-6-2-3-7-13(12)20-18(21)25/h2-9H,10-11H2,1H3,(H,19,22)(H,20,25). The van der Waals surface area contributed by atoms with Crippen molar-refractivity contribution in [3.8, 4) is 5.75 Å². The van der Waals surface area contributed by atoms with Crippen LogP contribution in [0.25, 0.3) is 10.9 Å². The van der Waals surface area contributed by atoms with Gasteiger partial charge in [0, 0.05) is 13.0 Å². The van der Waals surface area contributed by atoms with Crippen LogP contribution in [0.15, 0.2) is 53.3 Å². The highest BCUT2D eigenvalue weighted by Crippen LogP contribution is 2.23. The minimum atomic E-state index is -0.223. The van der Waals surface area contributed by atoms with Gasteiger partial charge in [0.15, 0.2) is 4.77 Å². The maximum Gasteiger partial charge on any atom is 0.262 e. The summed E-state index contributed by atoms with van der Waals surface area (Å²) in [6.07, 6.45) is 0.119. The second-order valence-electron chi connectivity index (χ2n) is 5.43. The molecule has 0 aliphatic rings. The molecule has 0 radical (unpaired) electrons. The predicted octanol–water partition coefficient (Wildman–Crippen LogP) is 3.10. The number of fused-ring (bicyclic) bond motifs is 1. The van der Waals surface area contributed by atoms with Crippen LogP contribution in [-0.4, -0.2) is 22.6 Å². The highest BCUT2D eigenvalue weighted by molar-refractivity contribution is 7.71.